The van der Waals surface area contributed by atoms with Crippen molar-refractivity contribution in [1.82, 2.24) is 10.3 Å². The summed E-state index contributed by atoms with van der Waals surface area (Å²) in [5.74, 6) is 0.462. The number of carbonyl (C=O) groups excluding carboxylic acids is 2. The molecule has 0 aromatic carbocycles. The summed E-state index contributed by atoms with van der Waals surface area (Å²) in [7, 11) is 0. The number of anilines is 2. The Balaban J connectivity index is 0.00000361. The lowest BCUT2D eigenvalue weighted by atomic mass is 10.1. The highest BCUT2D eigenvalue weighted by Gasteiger charge is 2.07. The Labute approximate surface area is 124 Å². The molecule has 1 rings (SSSR count). The molecule has 6 nitrogen and oxygen atoms in total. The second-order valence-corrected chi connectivity index (χ2v) is 4.73. The molecule has 0 saturated carbocycles. The Morgan fingerprint density at radius 1 is 1.30 bits per heavy atom. The quantitative estimate of drug-likeness (QED) is 0.743. The van der Waals surface area contributed by atoms with E-state index in [1.54, 1.807) is 12.1 Å². The van der Waals surface area contributed by atoms with Gasteiger partial charge in [-0.05, 0) is 24.5 Å². The van der Waals surface area contributed by atoms with Crippen molar-refractivity contribution >= 4 is 35.7 Å². The van der Waals surface area contributed by atoms with Crippen LogP contribution >= 0.6 is 12.4 Å². The number of nitrogens with zero attached hydrogens (tertiary/aromatic N) is 1. The van der Waals surface area contributed by atoms with E-state index in [1.807, 2.05) is 13.8 Å². The Morgan fingerprint density at radius 2 is 2.00 bits per heavy atom. The summed E-state index contributed by atoms with van der Waals surface area (Å²) in [4.78, 5) is 26.8. The molecular weight excluding hydrogens is 280 g/mol. The minimum Gasteiger partial charge on any atom is -0.384 e. The third-order valence-electron chi connectivity index (χ3n) is 2.46. The van der Waals surface area contributed by atoms with Crippen LogP contribution in [0.25, 0.3) is 0 Å². The number of pyridine rings is 1. The third-order valence-corrected chi connectivity index (χ3v) is 2.46. The Morgan fingerprint density at radius 3 is 2.55 bits per heavy atom. The number of hydrogen-bond donors (Lipinski definition) is 3. The van der Waals surface area contributed by atoms with Gasteiger partial charge in [-0.25, -0.2) is 4.98 Å². The molecule has 0 fully saturated rings. The minimum absolute atomic E-state index is 0. The van der Waals surface area contributed by atoms with Gasteiger partial charge in [-0.1, -0.05) is 13.8 Å². The Kier molecular flexibility index (Phi) is 8.31. The lowest BCUT2D eigenvalue weighted by molar-refractivity contribution is -0.124. The number of nitrogens with one attached hydrogen (secondary N) is 2. The van der Waals surface area contributed by atoms with E-state index in [-0.39, 0.29) is 30.8 Å². The van der Waals surface area contributed by atoms with Gasteiger partial charge in [0, 0.05) is 6.42 Å². The molecule has 20 heavy (non-hydrogen) atoms. The fourth-order valence-corrected chi connectivity index (χ4v) is 1.37. The second-order valence-electron chi connectivity index (χ2n) is 4.73. The third kappa shape index (κ3) is 7.58. The van der Waals surface area contributed by atoms with Crippen molar-refractivity contribution in [3.05, 3.63) is 18.3 Å². The first-order valence-electron chi connectivity index (χ1n) is 6.25. The van der Waals surface area contributed by atoms with Crippen LogP contribution in [0.5, 0.6) is 0 Å². The van der Waals surface area contributed by atoms with Crippen LogP contribution < -0.4 is 16.4 Å². The molecule has 2 amide bonds. The van der Waals surface area contributed by atoms with Gasteiger partial charge >= 0.3 is 0 Å². The number of amides is 2. The topological polar surface area (TPSA) is 97.1 Å². The lowest BCUT2D eigenvalue weighted by Gasteiger charge is -2.07. The predicted octanol–water partition coefficient (Wildman–Crippen LogP) is 1.58. The number of hydrogen-bond acceptors (Lipinski definition) is 4. The summed E-state index contributed by atoms with van der Waals surface area (Å²) in [5, 5.41) is 5.19. The van der Waals surface area contributed by atoms with Crippen LogP contribution in [0.2, 0.25) is 0 Å². The fourth-order valence-electron chi connectivity index (χ4n) is 1.37. The molecule has 0 aliphatic carbocycles. The van der Waals surface area contributed by atoms with Crippen LogP contribution in [0.3, 0.4) is 0 Å². The van der Waals surface area contributed by atoms with Gasteiger partial charge in [-0.3, -0.25) is 9.59 Å². The molecule has 0 aliphatic heterocycles. The highest BCUT2D eigenvalue weighted by Crippen LogP contribution is 2.06. The number of halogens is 1. The van der Waals surface area contributed by atoms with E-state index in [2.05, 4.69) is 15.6 Å². The van der Waals surface area contributed by atoms with Gasteiger partial charge in [-0.2, -0.15) is 0 Å². The zero-order chi connectivity index (χ0) is 14.3. The van der Waals surface area contributed by atoms with Crippen LogP contribution in [0, 0.1) is 5.92 Å². The Bertz CT molecular complexity index is 435. The van der Waals surface area contributed by atoms with Crippen molar-refractivity contribution in [3.63, 3.8) is 0 Å². The molecule has 7 heteroatoms. The van der Waals surface area contributed by atoms with E-state index in [9.17, 15) is 9.59 Å². The number of carbonyl (C=O) groups is 2. The van der Waals surface area contributed by atoms with Crippen molar-refractivity contribution < 1.29 is 9.59 Å². The van der Waals surface area contributed by atoms with E-state index >= 15 is 0 Å². The van der Waals surface area contributed by atoms with Gasteiger partial charge in [0.15, 0.2) is 0 Å². The molecule has 0 atom stereocenters. The maximum atomic E-state index is 11.6. The molecule has 112 valence electrons. The molecule has 0 saturated heterocycles. The highest BCUT2D eigenvalue weighted by molar-refractivity contribution is 5.94. The largest absolute Gasteiger partial charge is 0.384 e. The first-order valence-corrected chi connectivity index (χ1v) is 6.25. The molecule has 0 spiro atoms. The standard InChI is InChI=1S/C13H20N4O2.ClH/c1-9(2)3-6-12(18)16-8-13(19)17-10-4-5-11(14)15-7-10;/h4-5,7,9H,3,6,8H2,1-2H3,(H2,14,15)(H,16,18)(H,17,19);1H. The summed E-state index contributed by atoms with van der Waals surface area (Å²) in [6.45, 7) is 4.06. The smallest absolute Gasteiger partial charge is 0.243 e. The van der Waals surface area contributed by atoms with Gasteiger partial charge in [0.2, 0.25) is 11.8 Å². The first kappa shape index (κ1) is 18.2. The summed E-state index contributed by atoms with van der Waals surface area (Å²) in [6.07, 6.45) is 2.72. The van der Waals surface area contributed by atoms with Crippen LogP contribution in [-0.4, -0.2) is 23.3 Å². The average molecular weight is 301 g/mol. The molecular formula is C13H21ClN4O2. The van der Waals surface area contributed by atoms with Crippen molar-refractivity contribution in [2.24, 2.45) is 5.92 Å². The molecule has 0 aliphatic rings. The predicted molar refractivity (Wildman–Crippen MR) is 81.6 cm³/mol. The van der Waals surface area contributed by atoms with Gasteiger partial charge < -0.3 is 16.4 Å². The number of nitrogens with two attached hydrogens (primary N) is 1. The molecule has 0 radical (unpaired) electrons. The minimum atomic E-state index is -0.288. The highest BCUT2D eigenvalue weighted by atomic mass is 35.5. The number of rotatable bonds is 6. The maximum Gasteiger partial charge on any atom is 0.243 e. The van der Waals surface area contributed by atoms with Crippen LogP contribution in [-0.2, 0) is 9.59 Å². The van der Waals surface area contributed by atoms with E-state index in [0.29, 0.717) is 23.8 Å². The second kappa shape index (κ2) is 9.14. The summed E-state index contributed by atoms with van der Waals surface area (Å²) >= 11 is 0. The maximum absolute atomic E-state index is 11.6. The van der Waals surface area contributed by atoms with Gasteiger partial charge in [-0.15, -0.1) is 12.4 Å². The molecule has 0 unspecified atom stereocenters. The number of nitrogen functional groups attached to an aromatic ring is 1. The van der Waals surface area contributed by atoms with E-state index in [1.165, 1.54) is 6.20 Å². The molecule has 1 aromatic heterocycles. The van der Waals surface area contributed by atoms with E-state index in [4.69, 9.17) is 5.73 Å². The zero-order valence-corrected chi connectivity index (χ0v) is 12.5. The van der Waals surface area contributed by atoms with Gasteiger partial charge in [0.1, 0.15) is 5.82 Å². The van der Waals surface area contributed by atoms with Gasteiger partial charge in [0.25, 0.3) is 0 Å². The van der Waals surface area contributed by atoms with Gasteiger partial charge in [0.05, 0.1) is 18.4 Å². The van der Waals surface area contributed by atoms with Crippen molar-refractivity contribution in [2.45, 2.75) is 26.7 Å². The van der Waals surface area contributed by atoms with Crippen LogP contribution in [0.15, 0.2) is 18.3 Å². The number of aromatic nitrogens is 1. The first-order chi connectivity index (χ1) is 8.97. The molecule has 1 aromatic rings. The fraction of sp³-hybridized carbons (Fsp3) is 0.462. The molecule has 4 N–H and O–H groups in total. The Hall–Kier alpha value is -1.82. The monoisotopic (exact) mass is 300 g/mol. The summed E-state index contributed by atoms with van der Waals surface area (Å²) in [5.41, 5.74) is 5.98. The van der Waals surface area contributed by atoms with E-state index in [0.717, 1.165) is 6.42 Å². The van der Waals surface area contributed by atoms with E-state index < -0.39 is 0 Å². The average Bonchev–Trinajstić information content (AvgIpc) is 2.36. The van der Waals surface area contributed by atoms with Crippen molar-refractivity contribution in [2.75, 3.05) is 17.6 Å². The zero-order valence-electron chi connectivity index (χ0n) is 11.7. The van der Waals surface area contributed by atoms with Crippen molar-refractivity contribution in [3.8, 4) is 0 Å². The summed E-state index contributed by atoms with van der Waals surface area (Å²) < 4.78 is 0. The van der Waals surface area contributed by atoms with Crippen LogP contribution in [0.4, 0.5) is 11.5 Å². The molecule has 1 heterocycles. The lowest BCUT2D eigenvalue weighted by Crippen LogP contribution is -2.32. The SMILES string of the molecule is CC(C)CCC(=O)NCC(=O)Nc1ccc(N)nc1.Cl. The molecule has 0 bridgehead atoms. The summed E-state index contributed by atoms with van der Waals surface area (Å²) in [6, 6.07) is 3.25. The van der Waals surface area contributed by atoms with Crippen molar-refractivity contribution in [1.29, 1.82) is 0 Å². The normalized spacial score (nSPS) is 9.75. The van der Waals surface area contributed by atoms with Crippen LogP contribution in [0.1, 0.15) is 26.7 Å².